The van der Waals surface area contributed by atoms with Crippen molar-refractivity contribution in [1.29, 1.82) is 0 Å². The number of rotatable bonds is 6. The third-order valence-electron chi connectivity index (χ3n) is 4.54. The lowest BCUT2D eigenvalue weighted by Crippen LogP contribution is -2.18. The second-order valence-corrected chi connectivity index (χ2v) is 7.23. The highest BCUT2D eigenvalue weighted by atomic mass is 35.5. The predicted molar refractivity (Wildman–Crippen MR) is 109 cm³/mol. The van der Waals surface area contributed by atoms with Crippen molar-refractivity contribution in [2.45, 2.75) is 6.42 Å². The quantitative estimate of drug-likeness (QED) is 0.697. The molecule has 0 radical (unpaired) electrons. The number of nitrogens with zero attached hydrogens (tertiary/aromatic N) is 5. The fourth-order valence-corrected chi connectivity index (χ4v) is 3.46. The summed E-state index contributed by atoms with van der Waals surface area (Å²) in [6.07, 6.45) is 8.62. The molecule has 4 rings (SSSR count). The Morgan fingerprint density at radius 1 is 1.33 bits per heavy atom. The third kappa shape index (κ3) is 3.61. The van der Waals surface area contributed by atoms with Gasteiger partial charge in [0.1, 0.15) is 0 Å². The van der Waals surface area contributed by atoms with Gasteiger partial charge in [-0.25, -0.2) is 14.6 Å². The van der Waals surface area contributed by atoms with Crippen LogP contribution in [0, 0.1) is 5.92 Å². The molecule has 0 aliphatic heterocycles. The van der Waals surface area contributed by atoms with Crippen molar-refractivity contribution in [2.75, 3.05) is 38.0 Å². The molecule has 0 amide bonds. The summed E-state index contributed by atoms with van der Waals surface area (Å²) in [6.45, 7) is 0.750. The Labute approximate surface area is 162 Å². The van der Waals surface area contributed by atoms with Crippen molar-refractivity contribution in [1.82, 2.24) is 19.7 Å². The van der Waals surface area contributed by atoms with Crippen molar-refractivity contribution >= 4 is 45.5 Å². The number of aromatic nitrogens is 4. The van der Waals surface area contributed by atoms with Gasteiger partial charge < -0.3 is 15.0 Å². The molecule has 1 N–H and O–H groups in total. The first-order chi connectivity index (χ1) is 13.0. The topological polar surface area (TPSA) is 68.1 Å². The number of hydrogen-bond donors (Lipinski definition) is 1. The van der Waals surface area contributed by atoms with Crippen LogP contribution in [0.15, 0.2) is 36.8 Å². The van der Waals surface area contributed by atoms with Crippen LogP contribution >= 0.6 is 11.6 Å². The summed E-state index contributed by atoms with van der Waals surface area (Å²) < 4.78 is 7.04. The molecule has 2 aromatic heterocycles. The van der Waals surface area contributed by atoms with Gasteiger partial charge in [-0.15, -0.1) is 0 Å². The van der Waals surface area contributed by atoms with Crippen LogP contribution < -0.4 is 10.2 Å². The molecule has 8 heteroatoms. The van der Waals surface area contributed by atoms with Gasteiger partial charge in [0.05, 0.1) is 40.9 Å². The van der Waals surface area contributed by atoms with Gasteiger partial charge in [-0.05, 0) is 18.6 Å². The second kappa shape index (κ2) is 7.17. The van der Waals surface area contributed by atoms with E-state index in [4.69, 9.17) is 16.3 Å². The van der Waals surface area contributed by atoms with Crippen LogP contribution in [0.3, 0.4) is 0 Å². The first kappa shape index (κ1) is 17.8. The van der Waals surface area contributed by atoms with E-state index in [9.17, 15) is 0 Å². The molecule has 0 saturated heterocycles. The van der Waals surface area contributed by atoms with Gasteiger partial charge in [-0.2, -0.15) is 5.10 Å². The molecule has 140 valence electrons. The first-order valence-electron chi connectivity index (χ1n) is 8.69. The standard InChI is InChI=1S/C19H21ClN6O/c1-25(2)18-7-17-13(6-16(18)20)8-21-19(24-17)23-14-9-22-26(10-14)15-4-12(5-15)11-27-3/h4,6-10,12H,5,11H2,1-3H3,(H,21,23,24). The summed E-state index contributed by atoms with van der Waals surface area (Å²) in [4.78, 5) is 10.9. The van der Waals surface area contributed by atoms with Gasteiger partial charge in [-0.3, -0.25) is 0 Å². The van der Waals surface area contributed by atoms with Gasteiger partial charge >= 0.3 is 0 Å². The Hall–Kier alpha value is -2.64. The smallest absolute Gasteiger partial charge is 0.227 e. The van der Waals surface area contributed by atoms with Crippen LogP contribution in [0.25, 0.3) is 16.6 Å². The molecule has 1 aliphatic carbocycles. The van der Waals surface area contributed by atoms with E-state index in [1.165, 1.54) is 5.70 Å². The Morgan fingerprint density at radius 3 is 2.89 bits per heavy atom. The zero-order chi connectivity index (χ0) is 19.0. The van der Waals surface area contributed by atoms with Crippen LogP contribution in [-0.2, 0) is 4.74 Å². The van der Waals surface area contributed by atoms with Gasteiger partial charge in [0.25, 0.3) is 0 Å². The Balaban J connectivity index is 1.54. The van der Waals surface area contributed by atoms with E-state index in [0.717, 1.165) is 35.3 Å². The number of hydrogen-bond acceptors (Lipinski definition) is 6. The monoisotopic (exact) mass is 384 g/mol. The van der Waals surface area contributed by atoms with Crippen molar-refractivity contribution in [2.24, 2.45) is 5.92 Å². The summed E-state index contributed by atoms with van der Waals surface area (Å²) in [7, 11) is 5.63. The normalized spacial score (nSPS) is 16.1. The highest BCUT2D eigenvalue weighted by molar-refractivity contribution is 6.34. The van der Waals surface area contributed by atoms with E-state index < -0.39 is 0 Å². The number of allylic oxidation sites excluding steroid dienone is 1. The summed E-state index contributed by atoms with van der Waals surface area (Å²) in [5, 5.41) is 9.20. The molecule has 7 nitrogen and oxygen atoms in total. The number of anilines is 3. The molecule has 1 unspecified atom stereocenters. The van der Waals surface area contributed by atoms with Gasteiger partial charge in [-0.1, -0.05) is 17.7 Å². The molecular formula is C19H21ClN6O. The lowest BCUT2D eigenvalue weighted by molar-refractivity contribution is 0.165. The molecule has 2 heterocycles. The number of fused-ring (bicyclic) bond motifs is 1. The zero-order valence-corrected chi connectivity index (χ0v) is 16.2. The molecule has 0 saturated carbocycles. The molecule has 3 aromatic rings. The van der Waals surface area contributed by atoms with Crippen molar-refractivity contribution in [3.63, 3.8) is 0 Å². The molecule has 0 bridgehead atoms. The van der Waals surface area contributed by atoms with E-state index in [2.05, 4.69) is 26.5 Å². The molecule has 1 aliphatic rings. The minimum absolute atomic E-state index is 0.479. The van der Waals surface area contributed by atoms with Gasteiger partial charge in [0, 0.05) is 44.4 Å². The summed E-state index contributed by atoms with van der Waals surface area (Å²) in [5.41, 5.74) is 3.77. The maximum absolute atomic E-state index is 6.31. The number of benzene rings is 1. The van der Waals surface area contributed by atoms with E-state index in [1.807, 2.05) is 42.0 Å². The molecule has 27 heavy (non-hydrogen) atoms. The predicted octanol–water partition coefficient (Wildman–Crippen LogP) is 3.80. The SMILES string of the molecule is COCC1C=C(n2cc(Nc3ncc4cc(Cl)c(N(C)C)cc4n3)cn2)C1. The largest absolute Gasteiger partial charge is 0.384 e. The number of halogens is 1. The zero-order valence-electron chi connectivity index (χ0n) is 15.5. The number of ether oxygens (including phenoxy) is 1. The van der Waals surface area contributed by atoms with Crippen molar-refractivity contribution in [3.8, 4) is 0 Å². The number of methoxy groups -OCH3 is 1. The van der Waals surface area contributed by atoms with Crippen LogP contribution in [0.1, 0.15) is 6.42 Å². The van der Waals surface area contributed by atoms with Crippen LogP contribution in [-0.4, -0.2) is 47.6 Å². The molecule has 0 spiro atoms. The highest BCUT2D eigenvalue weighted by Gasteiger charge is 2.21. The highest BCUT2D eigenvalue weighted by Crippen LogP contribution is 2.31. The van der Waals surface area contributed by atoms with E-state index in [0.29, 0.717) is 16.9 Å². The minimum atomic E-state index is 0.479. The first-order valence-corrected chi connectivity index (χ1v) is 9.06. The minimum Gasteiger partial charge on any atom is -0.384 e. The van der Waals surface area contributed by atoms with Crippen LogP contribution in [0.5, 0.6) is 0 Å². The van der Waals surface area contributed by atoms with E-state index >= 15 is 0 Å². The molecule has 1 aromatic carbocycles. The fraction of sp³-hybridized carbons (Fsp3) is 0.316. The average molecular weight is 385 g/mol. The summed E-state index contributed by atoms with van der Waals surface area (Å²) >= 11 is 6.31. The summed E-state index contributed by atoms with van der Waals surface area (Å²) in [6, 6.07) is 3.84. The van der Waals surface area contributed by atoms with Crippen molar-refractivity contribution < 1.29 is 4.74 Å². The lowest BCUT2D eigenvalue weighted by Gasteiger charge is -2.24. The fourth-order valence-electron chi connectivity index (χ4n) is 3.11. The maximum Gasteiger partial charge on any atom is 0.227 e. The lowest BCUT2D eigenvalue weighted by atomic mass is 9.92. The molecular weight excluding hydrogens is 364 g/mol. The van der Waals surface area contributed by atoms with Gasteiger partial charge in [0.15, 0.2) is 0 Å². The van der Waals surface area contributed by atoms with E-state index in [1.54, 1.807) is 19.5 Å². The van der Waals surface area contributed by atoms with Crippen LogP contribution in [0.4, 0.5) is 17.3 Å². The maximum atomic E-state index is 6.31. The average Bonchev–Trinajstić information content (AvgIpc) is 3.05. The van der Waals surface area contributed by atoms with Crippen LogP contribution in [0.2, 0.25) is 5.02 Å². The summed E-state index contributed by atoms with van der Waals surface area (Å²) in [5.74, 6) is 1.00. The molecule has 0 fully saturated rings. The Kier molecular flexibility index (Phi) is 4.72. The second-order valence-electron chi connectivity index (χ2n) is 6.83. The Morgan fingerprint density at radius 2 is 2.15 bits per heavy atom. The van der Waals surface area contributed by atoms with E-state index in [-0.39, 0.29) is 0 Å². The Bertz CT molecular complexity index is 1010. The number of nitrogens with one attached hydrogen (secondary N) is 1. The third-order valence-corrected chi connectivity index (χ3v) is 4.85. The van der Waals surface area contributed by atoms with Gasteiger partial charge in [0.2, 0.25) is 5.95 Å². The molecule has 1 atom stereocenters. The van der Waals surface area contributed by atoms with Crippen molar-refractivity contribution in [3.05, 3.63) is 41.8 Å².